The first kappa shape index (κ1) is 47.4. The molecule has 4 N–H and O–H groups in total. The van der Waals surface area contributed by atoms with E-state index in [0.29, 0.717) is 12.8 Å². The third-order valence-corrected chi connectivity index (χ3v) is 12.7. The van der Waals surface area contributed by atoms with E-state index in [1.165, 1.54) is 11.8 Å². The Kier molecular flexibility index (Phi) is 13.7. The lowest BCUT2D eigenvalue weighted by Gasteiger charge is -2.43. The van der Waals surface area contributed by atoms with Gasteiger partial charge in [0.25, 0.3) is 0 Å². The van der Waals surface area contributed by atoms with Gasteiger partial charge in [-0.3, -0.25) is 9.59 Å². The fourth-order valence-corrected chi connectivity index (χ4v) is 10.3. The third kappa shape index (κ3) is 10.8. The van der Waals surface area contributed by atoms with Gasteiger partial charge in [-0.05, 0) is 105 Å². The molecule has 4 aromatic carbocycles. The molecule has 0 aromatic heterocycles. The summed E-state index contributed by atoms with van der Waals surface area (Å²) in [4.78, 5) is 26.1. The number of aliphatic carboxylic acids is 2. The topological polar surface area (TPSA) is 115 Å². The monoisotopic (exact) mass is 822 g/mol. The van der Waals surface area contributed by atoms with Crippen molar-refractivity contribution in [2.75, 3.05) is 5.75 Å². The number of phenolic OH excluding ortho intramolecular Hbond substituents is 2. The van der Waals surface area contributed by atoms with Crippen LogP contribution in [0.3, 0.4) is 0 Å². The minimum absolute atomic E-state index is 0.157. The van der Waals surface area contributed by atoms with Crippen molar-refractivity contribution in [1.29, 1.82) is 0 Å². The summed E-state index contributed by atoms with van der Waals surface area (Å²) in [7, 11) is 0. The second-order valence-corrected chi connectivity index (χ2v) is 22.5. The molecular formula is C52H70O6S. The van der Waals surface area contributed by atoms with Gasteiger partial charge in [0.1, 0.15) is 11.5 Å². The Morgan fingerprint density at radius 3 is 1.07 bits per heavy atom. The van der Waals surface area contributed by atoms with Crippen molar-refractivity contribution in [1.82, 2.24) is 0 Å². The number of hydrogen-bond donors (Lipinski definition) is 4. The van der Waals surface area contributed by atoms with E-state index in [0.717, 1.165) is 77.9 Å². The molecule has 320 valence electrons. The second-order valence-electron chi connectivity index (χ2n) is 21.1. The van der Waals surface area contributed by atoms with Crippen LogP contribution in [0.25, 0.3) is 0 Å². The van der Waals surface area contributed by atoms with Crippen LogP contribution in [-0.2, 0) is 48.8 Å². The fraction of sp³-hybridized carbons (Fsp3) is 0.500. The Morgan fingerprint density at radius 2 is 0.780 bits per heavy atom. The highest BCUT2D eigenvalue weighted by atomic mass is 32.2. The maximum atomic E-state index is 13.8. The van der Waals surface area contributed by atoms with Gasteiger partial charge < -0.3 is 20.4 Å². The number of aromatic hydroxyl groups is 2. The van der Waals surface area contributed by atoms with E-state index >= 15 is 0 Å². The summed E-state index contributed by atoms with van der Waals surface area (Å²) in [5, 5.41) is 45.3. The van der Waals surface area contributed by atoms with Crippen molar-refractivity contribution < 1.29 is 30.0 Å². The van der Waals surface area contributed by atoms with Crippen LogP contribution in [0.2, 0.25) is 0 Å². The zero-order valence-corrected chi connectivity index (χ0v) is 39.5. The van der Waals surface area contributed by atoms with E-state index < -0.39 is 27.5 Å². The summed E-state index contributed by atoms with van der Waals surface area (Å²) in [6.07, 6.45) is 0.176. The van der Waals surface area contributed by atoms with Gasteiger partial charge in [-0.15, -0.1) is 11.8 Å². The van der Waals surface area contributed by atoms with E-state index in [1.807, 2.05) is 38.1 Å². The first-order chi connectivity index (χ1) is 26.9. The molecule has 0 amide bonds. The van der Waals surface area contributed by atoms with Crippen molar-refractivity contribution in [2.24, 2.45) is 0 Å². The SMILES string of the molecule is Cc1cc(Cc2cc(C)cc(C(C)(C)C)c2C(CC(=O)O)(SCCC(=O)O)c2c(Cc3cc(C)cc(C(C)(C)C)c3O)cc(C)cc2C(C)(C)C)c(O)c(C(C)(C)C)c1. The zero-order chi connectivity index (χ0) is 44.8. The molecule has 4 aromatic rings. The first-order valence-corrected chi connectivity index (χ1v) is 21.9. The van der Waals surface area contributed by atoms with Crippen molar-refractivity contribution in [3.8, 4) is 11.5 Å². The first-order valence-electron chi connectivity index (χ1n) is 20.9. The van der Waals surface area contributed by atoms with E-state index in [1.54, 1.807) is 0 Å². The molecule has 0 spiro atoms. The molecule has 0 fully saturated rings. The van der Waals surface area contributed by atoms with Crippen LogP contribution < -0.4 is 0 Å². The summed E-state index contributed by atoms with van der Waals surface area (Å²) in [6.45, 7) is 33.5. The molecule has 0 saturated carbocycles. The molecule has 7 heteroatoms. The number of carboxylic acid groups (broad SMARTS) is 2. The molecule has 4 rings (SSSR count). The van der Waals surface area contributed by atoms with Gasteiger partial charge in [-0.25, -0.2) is 0 Å². The minimum Gasteiger partial charge on any atom is -0.507 e. The molecule has 0 unspecified atom stereocenters. The van der Waals surface area contributed by atoms with E-state index in [-0.39, 0.29) is 40.9 Å². The number of phenols is 2. The predicted octanol–water partition coefficient (Wildman–Crippen LogP) is 12.6. The maximum Gasteiger partial charge on any atom is 0.305 e. The molecule has 6 nitrogen and oxygen atoms in total. The Morgan fingerprint density at radius 1 is 0.475 bits per heavy atom. The average Bonchev–Trinajstić information content (AvgIpc) is 3.04. The van der Waals surface area contributed by atoms with Gasteiger partial charge in [0.05, 0.1) is 17.6 Å². The predicted molar refractivity (Wildman–Crippen MR) is 246 cm³/mol. The van der Waals surface area contributed by atoms with Gasteiger partial charge in [-0.2, -0.15) is 0 Å². The highest BCUT2D eigenvalue weighted by Crippen LogP contribution is 2.55. The summed E-state index contributed by atoms with van der Waals surface area (Å²) in [5.41, 5.74) is 11.0. The van der Waals surface area contributed by atoms with Crippen LogP contribution in [0.1, 0.15) is 174 Å². The highest BCUT2D eigenvalue weighted by Gasteiger charge is 2.46. The Labute approximate surface area is 358 Å². The summed E-state index contributed by atoms with van der Waals surface area (Å²) in [6, 6.07) is 16.7. The van der Waals surface area contributed by atoms with Gasteiger partial charge in [0, 0.05) is 18.6 Å². The molecule has 0 aliphatic rings. The number of rotatable bonds is 12. The van der Waals surface area contributed by atoms with E-state index in [4.69, 9.17) is 0 Å². The fourth-order valence-electron chi connectivity index (χ4n) is 8.69. The van der Waals surface area contributed by atoms with Gasteiger partial charge >= 0.3 is 11.9 Å². The third-order valence-electron chi connectivity index (χ3n) is 11.3. The van der Waals surface area contributed by atoms with Crippen LogP contribution in [0.15, 0.2) is 48.5 Å². The number of thioether (sulfide) groups is 1. The minimum atomic E-state index is -1.31. The van der Waals surface area contributed by atoms with Gasteiger partial charge in [-0.1, -0.05) is 154 Å². The van der Waals surface area contributed by atoms with Crippen molar-refractivity contribution in [3.63, 3.8) is 0 Å². The Balaban J connectivity index is 2.33. The van der Waals surface area contributed by atoms with Crippen LogP contribution >= 0.6 is 11.8 Å². The number of hydrogen-bond acceptors (Lipinski definition) is 5. The van der Waals surface area contributed by atoms with Gasteiger partial charge in [0.2, 0.25) is 0 Å². The quantitative estimate of drug-likeness (QED) is 0.112. The number of aryl methyl sites for hydroxylation is 4. The second kappa shape index (κ2) is 17.0. The summed E-state index contributed by atoms with van der Waals surface area (Å²) in [5.74, 6) is -1.35. The number of carbonyl (C=O) groups is 2. The normalized spacial score (nSPS) is 12.9. The van der Waals surface area contributed by atoms with E-state index in [2.05, 4.69) is 121 Å². The molecule has 0 aliphatic heterocycles. The maximum absolute atomic E-state index is 13.8. The van der Waals surface area contributed by atoms with Gasteiger partial charge in [0.15, 0.2) is 0 Å². The van der Waals surface area contributed by atoms with E-state index in [9.17, 15) is 30.0 Å². The number of benzene rings is 4. The molecule has 59 heavy (non-hydrogen) atoms. The largest absolute Gasteiger partial charge is 0.507 e. The lowest BCUT2D eigenvalue weighted by Crippen LogP contribution is -2.37. The lowest BCUT2D eigenvalue weighted by molar-refractivity contribution is -0.138. The zero-order valence-electron chi connectivity index (χ0n) is 38.7. The summed E-state index contributed by atoms with van der Waals surface area (Å²) >= 11 is 1.40. The molecular weight excluding hydrogens is 753 g/mol. The highest BCUT2D eigenvalue weighted by molar-refractivity contribution is 8.00. The number of carboxylic acids is 2. The smallest absolute Gasteiger partial charge is 0.305 e. The van der Waals surface area contributed by atoms with Crippen molar-refractivity contribution >= 4 is 23.7 Å². The van der Waals surface area contributed by atoms with Crippen LogP contribution in [0.4, 0.5) is 0 Å². The van der Waals surface area contributed by atoms with Crippen LogP contribution in [-0.4, -0.2) is 38.1 Å². The van der Waals surface area contributed by atoms with Crippen molar-refractivity contribution in [3.05, 3.63) is 126 Å². The average molecular weight is 823 g/mol. The van der Waals surface area contributed by atoms with Crippen molar-refractivity contribution in [2.45, 2.75) is 163 Å². The summed E-state index contributed by atoms with van der Waals surface area (Å²) < 4.78 is -1.31. The standard InChI is InChI=1S/C52H70O6S/c1-30-19-34(27-36-21-32(3)25-40(46(36)57)50(11,12)13)44(38(23-30)48(5,6)7)52(29-43(55)56,59-18-17-42(53)54)45-35(20-31(2)24-39(45)49(8,9)10)28-37-22-33(4)26-41(47(37)58)51(14,15)16/h19-26,57-58H,17-18,27-29H2,1-16H3,(H,53,54)(H,55,56). The molecule has 0 radical (unpaired) electrons. The Hall–Kier alpha value is -4.23. The molecule has 0 bridgehead atoms. The van der Waals surface area contributed by atoms with Crippen LogP contribution in [0, 0.1) is 27.7 Å². The lowest BCUT2D eigenvalue weighted by atomic mass is 9.68. The molecule has 0 saturated heterocycles. The van der Waals surface area contributed by atoms with Crippen LogP contribution in [0.5, 0.6) is 11.5 Å². The Bertz CT molecular complexity index is 2100. The molecule has 0 heterocycles. The molecule has 0 atom stereocenters. The molecule has 0 aliphatic carbocycles.